The van der Waals surface area contributed by atoms with E-state index in [1.807, 2.05) is 0 Å². The minimum Gasteiger partial charge on any atom is -0.379 e. The number of hydrogen-bond donors (Lipinski definition) is 1. The first-order valence-corrected chi connectivity index (χ1v) is 8.40. The van der Waals surface area contributed by atoms with Crippen LogP contribution >= 0.6 is 23.2 Å². The van der Waals surface area contributed by atoms with Crippen LogP contribution in [0.3, 0.4) is 0 Å². The number of halogens is 2. The summed E-state index contributed by atoms with van der Waals surface area (Å²) in [5.74, 6) is 0. The highest BCUT2D eigenvalue weighted by atomic mass is 35.5. The van der Waals surface area contributed by atoms with Crippen LogP contribution in [-0.2, 0) is 14.9 Å². The van der Waals surface area contributed by atoms with Crippen LogP contribution < -0.4 is 4.72 Å². The summed E-state index contributed by atoms with van der Waals surface area (Å²) in [4.78, 5) is 0. The van der Waals surface area contributed by atoms with Gasteiger partial charge in [-0.1, -0.05) is 29.3 Å². The molecule has 112 valence electrons. The van der Waals surface area contributed by atoms with Crippen LogP contribution in [0.4, 0.5) is 0 Å². The van der Waals surface area contributed by atoms with E-state index in [9.17, 15) is 8.42 Å². The number of nitrogens with zero attached hydrogens (tertiary/aromatic N) is 1. The van der Waals surface area contributed by atoms with E-state index in [1.165, 1.54) is 4.31 Å². The lowest BCUT2D eigenvalue weighted by Crippen LogP contribution is -2.47. The largest absolute Gasteiger partial charge is 0.379 e. The summed E-state index contributed by atoms with van der Waals surface area (Å²) in [6.07, 6.45) is 0. The van der Waals surface area contributed by atoms with E-state index in [-0.39, 0.29) is 0 Å². The van der Waals surface area contributed by atoms with Gasteiger partial charge in [0.15, 0.2) is 0 Å². The SMILES string of the molecule is CC(NS(=O)(=O)N1CCOCC1)c1ccc(Cl)cc1Cl. The van der Waals surface area contributed by atoms with Crippen molar-refractivity contribution in [2.24, 2.45) is 0 Å². The fraction of sp³-hybridized carbons (Fsp3) is 0.500. The van der Waals surface area contributed by atoms with Crippen LogP contribution in [0.2, 0.25) is 10.0 Å². The molecule has 1 saturated heterocycles. The second kappa shape index (κ2) is 6.60. The molecule has 0 spiro atoms. The highest BCUT2D eigenvalue weighted by Gasteiger charge is 2.26. The summed E-state index contributed by atoms with van der Waals surface area (Å²) >= 11 is 11.9. The lowest BCUT2D eigenvalue weighted by molar-refractivity contribution is 0.0723. The smallest absolute Gasteiger partial charge is 0.280 e. The molecule has 1 unspecified atom stereocenters. The van der Waals surface area contributed by atoms with E-state index < -0.39 is 16.3 Å². The van der Waals surface area contributed by atoms with Crippen LogP contribution in [0.1, 0.15) is 18.5 Å². The van der Waals surface area contributed by atoms with Gasteiger partial charge in [-0.05, 0) is 24.6 Å². The molecule has 0 bridgehead atoms. The molecular weight excluding hydrogens is 323 g/mol. The molecule has 0 saturated carbocycles. The first-order valence-electron chi connectivity index (χ1n) is 6.20. The summed E-state index contributed by atoms with van der Waals surface area (Å²) < 4.78 is 33.6. The third kappa shape index (κ3) is 3.84. The Bertz CT molecular complexity index is 574. The van der Waals surface area contributed by atoms with Gasteiger partial charge in [0, 0.05) is 29.2 Å². The summed E-state index contributed by atoms with van der Waals surface area (Å²) in [6, 6.07) is 4.56. The van der Waals surface area contributed by atoms with Gasteiger partial charge in [0.25, 0.3) is 10.2 Å². The Kier molecular flexibility index (Phi) is 5.28. The topological polar surface area (TPSA) is 58.6 Å². The molecule has 1 aromatic rings. The summed E-state index contributed by atoms with van der Waals surface area (Å²) in [7, 11) is -3.55. The average molecular weight is 339 g/mol. The van der Waals surface area contributed by atoms with Gasteiger partial charge in [0.1, 0.15) is 0 Å². The minimum absolute atomic E-state index is 0.358. The Balaban J connectivity index is 2.11. The standard InChI is InChI=1S/C12H16Cl2N2O3S/c1-9(11-3-2-10(13)8-12(11)14)15-20(17,18)16-4-6-19-7-5-16/h2-3,8-9,15H,4-7H2,1H3. The average Bonchev–Trinajstić information content (AvgIpc) is 2.39. The number of ether oxygens (including phenoxy) is 1. The highest BCUT2D eigenvalue weighted by Crippen LogP contribution is 2.26. The molecule has 1 aliphatic rings. The molecule has 0 aromatic heterocycles. The fourth-order valence-corrected chi connectivity index (χ4v) is 3.93. The monoisotopic (exact) mass is 338 g/mol. The molecule has 20 heavy (non-hydrogen) atoms. The van der Waals surface area contributed by atoms with E-state index in [2.05, 4.69) is 4.72 Å². The predicted molar refractivity (Wildman–Crippen MR) is 79.3 cm³/mol. The molecule has 2 rings (SSSR count). The Labute approximate surface area is 129 Å². The number of rotatable bonds is 4. The predicted octanol–water partition coefficient (Wildman–Crippen LogP) is 2.22. The summed E-state index contributed by atoms with van der Waals surface area (Å²) in [5, 5.41) is 0.955. The lowest BCUT2D eigenvalue weighted by Gasteiger charge is -2.28. The van der Waals surface area contributed by atoms with Crippen molar-refractivity contribution in [1.82, 2.24) is 9.03 Å². The van der Waals surface area contributed by atoms with Gasteiger partial charge in [-0.15, -0.1) is 0 Å². The molecule has 1 atom stereocenters. The molecular formula is C12H16Cl2N2O3S. The van der Waals surface area contributed by atoms with Gasteiger partial charge in [0.2, 0.25) is 0 Å². The second-order valence-electron chi connectivity index (χ2n) is 4.52. The molecule has 0 radical (unpaired) electrons. The zero-order valence-corrected chi connectivity index (χ0v) is 13.3. The molecule has 1 aliphatic heterocycles. The minimum atomic E-state index is -3.55. The van der Waals surface area contributed by atoms with Crippen LogP contribution in [0, 0.1) is 0 Å². The lowest BCUT2D eigenvalue weighted by atomic mass is 10.1. The van der Waals surface area contributed by atoms with Gasteiger partial charge < -0.3 is 4.74 Å². The summed E-state index contributed by atoms with van der Waals surface area (Å²) in [5.41, 5.74) is 0.688. The van der Waals surface area contributed by atoms with E-state index >= 15 is 0 Å². The van der Waals surface area contributed by atoms with Crippen LogP contribution in [0.5, 0.6) is 0 Å². The normalized spacial score (nSPS) is 18.9. The Morgan fingerprint density at radius 2 is 1.95 bits per heavy atom. The van der Waals surface area contributed by atoms with E-state index in [4.69, 9.17) is 27.9 Å². The first-order chi connectivity index (χ1) is 9.40. The molecule has 1 heterocycles. The third-order valence-corrected chi connectivity index (χ3v) is 5.32. The molecule has 0 aliphatic carbocycles. The molecule has 1 N–H and O–H groups in total. The number of hydrogen-bond acceptors (Lipinski definition) is 3. The summed E-state index contributed by atoms with van der Waals surface area (Å²) in [6.45, 7) is 3.29. The molecule has 0 amide bonds. The van der Waals surface area contributed by atoms with E-state index in [1.54, 1.807) is 25.1 Å². The molecule has 1 fully saturated rings. The van der Waals surface area contributed by atoms with Crippen molar-refractivity contribution >= 4 is 33.4 Å². The number of morpholine rings is 1. The van der Waals surface area contributed by atoms with Crippen molar-refractivity contribution in [2.45, 2.75) is 13.0 Å². The maximum Gasteiger partial charge on any atom is 0.280 e. The second-order valence-corrected chi connectivity index (χ2v) is 7.07. The van der Waals surface area contributed by atoms with Crippen molar-refractivity contribution in [3.8, 4) is 0 Å². The van der Waals surface area contributed by atoms with Gasteiger partial charge >= 0.3 is 0 Å². The highest BCUT2D eigenvalue weighted by molar-refractivity contribution is 7.87. The van der Waals surface area contributed by atoms with Gasteiger partial charge in [0.05, 0.1) is 13.2 Å². The Morgan fingerprint density at radius 1 is 1.30 bits per heavy atom. The third-order valence-electron chi connectivity index (χ3n) is 3.06. The van der Waals surface area contributed by atoms with Crippen molar-refractivity contribution in [3.63, 3.8) is 0 Å². The zero-order valence-electron chi connectivity index (χ0n) is 11.0. The van der Waals surface area contributed by atoms with E-state index in [0.29, 0.717) is 41.9 Å². The quantitative estimate of drug-likeness (QED) is 0.915. The van der Waals surface area contributed by atoms with Crippen molar-refractivity contribution < 1.29 is 13.2 Å². The van der Waals surface area contributed by atoms with Gasteiger partial charge in [-0.2, -0.15) is 17.4 Å². The fourth-order valence-electron chi connectivity index (χ4n) is 2.00. The molecule has 5 nitrogen and oxygen atoms in total. The number of benzene rings is 1. The molecule has 8 heteroatoms. The van der Waals surface area contributed by atoms with Crippen LogP contribution in [0.15, 0.2) is 18.2 Å². The van der Waals surface area contributed by atoms with Crippen molar-refractivity contribution in [2.75, 3.05) is 26.3 Å². The molecule has 1 aromatic carbocycles. The van der Waals surface area contributed by atoms with Crippen LogP contribution in [0.25, 0.3) is 0 Å². The van der Waals surface area contributed by atoms with E-state index in [0.717, 1.165) is 0 Å². The zero-order chi connectivity index (χ0) is 14.8. The van der Waals surface area contributed by atoms with Crippen molar-refractivity contribution in [3.05, 3.63) is 33.8 Å². The number of nitrogens with one attached hydrogen (secondary N) is 1. The van der Waals surface area contributed by atoms with Crippen molar-refractivity contribution in [1.29, 1.82) is 0 Å². The first kappa shape index (κ1) is 16.0. The maximum absolute atomic E-state index is 12.2. The van der Waals surface area contributed by atoms with Gasteiger partial charge in [-0.25, -0.2) is 0 Å². The van der Waals surface area contributed by atoms with Gasteiger partial charge in [-0.3, -0.25) is 0 Å². The Hall–Kier alpha value is -0.370. The Morgan fingerprint density at radius 3 is 2.55 bits per heavy atom. The van der Waals surface area contributed by atoms with Crippen LogP contribution in [-0.4, -0.2) is 39.0 Å². The maximum atomic E-state index is 12.2.